The highest BCUT2D eigenvalue weighted by Crippen LogP contribution is 2.26. The quantitative estimate of drug-likeness (QED) is 0.857. The van der Waals surface area contributed by atoms with Crippen LogP contribution in [0.15, 0.2) is 12.1 Å². The average Bonchev–Trinajstić information content (AvgIpc) is 2.15. The van der Waals surface area contributed by atoms with Crippen LogP contribution in [0.5, 0.6) is 5.88 Å². The van der Waals surface area contributed by atoms with Crippen LogP contribution in [0.3, 0.4) is 0 Å². The van der Waals surface area contributed by atoms with Gasteiger partial charge in [-0.2, -0.15) is 13.2 Å². The van der Waals surface area contributed by atoms with Gasteiger partial charge in [0, 0.05) is 0 Å². The molecule has 1 heterocycles. The van der Waals surface area contributed by atoms with Crippen LogP contribution < -0.4 is 4.74 Å². The second-order valence-electron chi connectivity index (χ2n) is 3.09. The van der Waals surface area contributed by atoms with Crippen LogP contribution in [-0.4, -0.2) is 28.3 Å². The second kappa shape index (κ2) is 4.79. The molecule has 0 aliphatic rings. The minimum Gasteiger partial charge on any atom is -0.477 e. The molecule has 94 valence electrons. The SMILES string of the molecule is CC(Oc1nc(Cl)ccc1C(=O)O)C(F)(F)F. The maximum atomic E-state index is 12.2. The second-order valence-corrected chi connectivity index (χ2v) is 3.48. The van der Waals surface area contributed by atoms with Gasteiger partial charge in [-0.15, -0.1) is 0 Å². The van der Waals surface area contributed by atoms with Crippen molar-refractivity contribution >= 4 is 17.6 Å². The van der Waals surface area contributed by atoms with E-state index in [0.29, 0.717) is 0 Å². The third-order valence-corrected chi connectivity index (χ3v) is 2.02. The summed E-state index contributed by atoms with van der Waals surface area (Å²) < 4.78 is 41.2. The maximum Gasteiger partial charge on any atom is 0.425 e. The van der Waals surface area contributed by atoms with Gasteiger partial charge in [-0.05, 0) is 19.1 Å². The number of pyridine rings is 1. The Bertz CT molecular complexity index is 436. The van der Waals surface area contributed by atoms with E-state index in [1.54, 1.807) is 0 Å². The summed E-state index contributed by atoms with van der Waals surface area (Å²) in [5.74, 6) is -2.10. The first-order chi connectivity index (χ1) is 7.71. The van der Waals surface area contributed by atoms with Crippen LogP contribution >= 0.6 is 11.6 Å². The van der Waals surface area contributed by atoms with E-state index in [2.05, 4.69) is 9.72 Å². The fourth-order valence-corrected chi connectivity index (χ4v) is 1.04. The number of alkyl halides is 3. The zero-order valence-corrected chi connectivity index (χ0v) is 9.21. The first kappa shape index (κ1) is 13.6. The molecule has 0 fully saturated rings. The third-order valence-electron chi connectivity index (χ3n) is 1.81. The number of aromatic nitrogens is 1. The molecule has 1 aromatic heterocycles. The third kappa shape index (κ3) is 3.48. The van der Waals surface area contributed by atoms with Crippen LogP contribution in [0.1, 0.15) is 17.3 Å². The van der Waals surface area contributed by atoms with Crippen molar-refractivity contribution < 1.29 is 27.8 Å². The van der Waals surface area contributed by atoms with Crippen LogP contribution in [0.2, 0.25) is 5.15 Å². The summed E-state index contributed by atoms with van der Waals surface area (Å²) in [6, 6.07) is 2.17. The maximum absolute atomic E-state index is 12.2. The number of nitrogens with zero attached hydrogens (tertiary/aromatic N) is 1. The van der Waals surface area contributed by atoms with E-state index in [-0.39, 0.29) is 5.15 Å². The summed E-state index contributed by atoms with van der Waals surface area (Å²) in [6.07, 6.45) is -6.79. The molecule has 1 aromatic rings. The number of rotatable bonds is 3. The van der Waals surface area contributed by atoms with Crippen molar-refractivity contribution in [3.63, 3.8) is 0 Å². The number of carboxylic acids is 1. The normalized spacial score (nSPS) is 13.2. The van der Waals surface area contributed by atoms with Gasteiger partial charge >= 0.3 is 12.1 Å². The molecule has 4 nitrogen and oxygen atoms in total. The lowest BCUT2D eigenvalue weighted by molar-refractivity contribution is -0.190. The Balaban J connectivity index is 3.04. The highest BCUT2D eigenvalue weighted by atomic mass is 35.5. The number of halogens is 4. The molecule has 0 radical (unpaired) electrons. The van der Waals surface area contributed by atoms with E-state index in [1.165, 1.54) is 0 Å². The van der Waals surface area contributed by atoms with Crippen LogP contribution in [0.25, 0.3) is 0 Å². The summed E-state index contributed by atoms with van der Waals surface area (Å²) in [7, 11) is 0. The highest BCUT2D eigenvalue weighted by Gasteiger charge is 2.39. The molecule has 1 atom stereocenters. The van der Waals surface area contributed by atoms with E-state index < -0.39 is 29.7 Å². The number of carboxylic acid groups (broad SMARTS) is 1. The molecule has 17 heavy (non-hydrogen) atoms. The fourth-order valence-electron chi connectivity index (χ4n) is 0.905. The number of ether oxygens (including phenoxy) is 1. The standard InChI is InChI=1S/C9H7ClF3NO3/c1-4(9(11,12)13)17-7-5(8(15)16)2-3-6(10)14-7/h2-4H,1H3,(H,15,16). The van der Waals surface area contributed by atoms with Gasteiger partial charge in [-0.25, -0.2) is 9.78 Å². The molecule has 0 aliphatic carbocycles. The molecule has 8 heteroatoms. The van der Waals surface area contributed by atoms with Gasteiger partial charge in [0.05, 0.1) is 0 Å². The van der Waals surface area contributed by atoms with Crippen molar-refractivity contribution in [1.29, 1.82) is 0 Å². The van der Waals surface area contributed by atoms with Gasteiger partial charge in [0.15, 0.2) is 6.10 Å². The average molecular weight is 270 g/mol. The molecule has 1 N–H and O–H groups in total. The Morgan fingerprint density at radius 3 is 2.59 bits per heavy atom. The summed E-state index contributed by atoms with van der Waals surface area (Å²) in [4.78, 5) is 14.1. The van der Waals surface area contributed by atoms with E-state index in [4.69, 9.17) is 16.7 Å². The van der Waals surface area contributed by atoms with Crippen molar-refractivity contribution in [2.75, 3.05) is 0 Å². The molecule has 0 spiro atoms. The molecule has 0 amide bonds. The van der Waals surface area contributed by atoms with Gasteiger partial charge < -0.3 is 9.84 Å². The van der Waals surface area contributed by atoms with Crippen molar-refractivity contribution in [3.05, 3.63) is 22.8 Å². The molecule has 0 aromatic carbocycles. The van der Waals surface area contributed by atoms with Gasteiger partial charge in [0.2, 0.25) is 5.88 Å². The minimum absolute atomic E-state index is 0.153. The van der Waals surface area contributed by atoms with Gasteiger partial charge in [0.25, 0.3) is 0 Å². The largest absolute Gasteiger partial charge is 0.477 e. The molecule has 1 rings (SSSR count). The lowest BCUT2D eigenvalue weighted by Crippen LogP contribution is -2.32. The summed E-state index contributed by atoms with van der Waals surface area (Å²) in [5, 5.41) is 8.57. The summed E-state index contributed by atoms with van der Waals surface area (Å²) in [5.41, 5.74) is -0.481. The van der Waals surface area contributed by atoms with Gasteiger partial charge in [-0.1, -0.05) is 11.6 Å². The van der Waals surface area contributed by atoms with E-state index in [9.17, 15) is 18.0 Å². The van der Waals surface area contributed by atoms with Crippen molar-refractivity contribution in [1.82, 2.24) is 4.98 Å². The van der Waals surface area contributed by atoms with E-state index in [0.717, 1.165) is 19.1 Å². The van der Waals surface area contributed by atoms with Crippen LogP contribution in [0, 0.1) is 0 Å². The van der Waals surface area contributed by atoms with E-state index >= 15 is 0 Å². The molecule has 0 saturated carbocycles. The first-order valence-corrected chi connectivity index (χ1v) is 4.73. The summed E-state index contributed by atoms with van der Waals surface area (Å²) in [6.45, 7) is 0.744. The fraction of sp³-hybridized carbons (Fsp3) is 0.333. The molecule has 1 unspecified atom stereocenters. The first-order valence-electron chi connectivity index (χ1n) is 4.35. The number of hydrogen-bond donors (Lipinski definition) is 1. The van der Waals surface area contributed by atoms with Crippen molar-refractivity contribution in [3.8, 4) is 5.88 Å². The lowest BCUT2D eigenvalue weighted by Gasteiger charge is -2.17. The van der Waals surface area contributed by atoms with Crippen molar-refractivity contribution in [2.24, 2.45) is 0 Å². The lowest BCUT2D eigenvalue weighted by atomic mass is 10.3. The molecule has 0 saturated heterocycles. The van der Waals surface area contributed by atoms with Crippen molar-refractivity contribution in [2.45, 2.75) is 19.2 Å². The monoisotopic (exact) mass is 269 g/mol. The molecular weight excluding hydrogens is 263 g/mol. The number of carbonyl (C=O) groups is 1. The van der Waals surface area contributed by atoms with Gasteiger partial charge in [-0.3, -0.25) is 0 Å². The minimum atomic E-state index is -4.61. The Morgan fingerprint density at radius 1 is 1.53 bits per heavy atom. The van der Waals surface area contributed by atoms with E-state index in [1.807, 2.05) is 0 Å². The number of aromatic carboxylic acids is 1. The van der Waals surface area contributed by atoms with Gasteiger partial charge in [0.1, 0.15) is 10.7 Å². The molecule has 0 bridgehead atoms. The number of hydrogen-bond acceptors (Lipinski definition) is 3. The zero-order chi connectivity index (χ0) is 13.2. The van der Waals surface area contributed by atoms with Crippen LogP contribution in [0.4, 0.5) is 13.2 Å². The van der Waals surface area contributed by atoms with Crippen LogP contribution in [-0.2, 0) is 0 Å². The predicted molar refractivity (Wildman–Crippen MR) is 52.4 cm³/mol. The smallest absolute Gasteiger partial charge is 0.425 e. The molecule has 0 aliphatic heterocycles. The Kier molecular flexibility index (Phi) is 3.82. The topological polar surface area (TPSA) is 59.4 Å². The zero-order valence-electron chi connectivity index (χ0n) is 8.45. The highest BCUT2D eigenvalue weighted by molar-refractivity contribution is 6.29. The Morgan fingerprint density at radius 2 is 2.12 bits per heavy atom. The predicted octanol–water partition coefficient (Wildman–Crippen LogP) is 2.76. The Labute approximate surface area is 99.0 Å². The Hall–Kier alpha value is -1.50. The molecular formula is C9H7ClF3NO3. The summed E-state index contributed by atoms with van der Waals surface area (Å²) >= 11 is 5.45.